The molecule has 0 aromatic heterocycles. The molecule has 2 aliphatic rings. The summed E-state index contributed by atoms with van der Waals surface area (Å²) < 4.78 is 0. The van der Waals surface area contributed by atoms with Gasteiger partial charge in [0.25, 0.3) is 0 Å². The lowest BCUT2D eigenvalue weighted by Crippen LogP contribution is -2.48. The number of nitrogens with zero attached hydrogens (tertiary/aromatic N) is 1. The van der Waals surface area contributed by atoms with E-state index in [1.54, 1.807) is 0 Å². The van der Waals surface area contributed by atoms with Gasteiger partial charge in [-0.15, -0.1) is 0 Å². The van der Waals surface area contributed by atoms with Crippen molar-refractivity contribution in [2.24, 2.45) is 11.7 Å². The van der Waals surface area contributed by atoms with Crippen molar-refractivity contribution in [1.29, 1.82) is 0 Å². The van der Waals surface area contributed by atoms with Crippen LogP contribution in [0.4, 0.5) is 0 Å². The Morgan fingerprint density at radius 3 is 2.65 bits per heavy atom. The van der Waals surface area contributed by atoms with E-state index >= 15 is 0 Å². The van der Waals surface area contributed by atoms with Gasteiger partial charge in [0.15, 0.2) is 0 Å². The van der Waals surface area contributed by atoms with Gasteiger partial charge in [0.2, 0.25) is 5.91 Å². The molecule has 1 aliphatic carbocycles. The molecule has 3 N–H and O–H groups in total. The minimum absolute atomic E-state index is 0.167. The van der Waals surface area contributed by atoms with Crippen LogP contribution in [0.5, 0.6) is 0 Å². The van der Waals surface area contributed by atoms with Crippen molar-refractivity contribution in [1.82, 2.24) is 10.2 Å². The Bertz CT molecular complexity index is 282. The maximum Gasteiger partial charge on any atom is 0.223 e. The molecule has 1 amide bonds. The molecule has 4 atom stereocenters. The highest BCUT2D eigenvalue weighted by atomic mass is 16.1. The van der Waals surface area contributed by atoms with E-state index in [9.17, 15) is 4.79 Å². The topological polar surface area (TPSA) is 58.4 Å². The molecule has 17 heavy (non-hydrogen) atoms. The number of amides is 1. The molecule has 4 unspecified atom stereocenters. The number of carbonyl (C=O) groups is 1. The third kappa shape index (κ3) is 3.19. The number of hydrogen-bond acceptors (Lipinski definition) is 3. The number of carbonyl (C=O) groups excluding carboxylic acids is 1. The first kappa shape index (κ1) is 12.8. The Morgan fingerprint density at radius 2 is 2.06 bits per heavy atom. The number of piperidine rings is 1. The van der Waals surface area contributed by atoms with Gasteiger partial charge >= 0.3 is 0 Å². The number of nitrogens with one attached hydrogen (secondary N) is 1. The van der Waals surface area contributed by atoms with Gasteiger partial charge in [-0.1, -0.05) is 0 Å². The van der Waals surface area contributed by atoms with Crippen LogP contribution in [0, 0.1) is 5.92 Å². The lowest BCUT2D eigenvalue weighted by Gasteiger charge is -2.35. The van der Waals surface area contributed by atoms with Crippen LogP contribution in [0.25, 0.3) is 0 Å². The summed E-state index contributed by atoms with van der Waals surface area (Å²) in [4.78, 5) is 14.4. The summed E-state index contributed by atoms with van der Waals surface area (Å²) in [5.41, 5.74) is 5.85. The van der Waals surface area contributed by atoms with E-state index in [0.29, 0.717) is 12.1 Å². The fourth-order valence-corrected chi connectivity index (χ4v) is 2.99. The van der Waals surface area contributed by atoms with Gasteiger partial charge in [0.05, 0.1) is 0 Å². The summed E-state index contributed by atoms with van der Waals surface area (Å²) in [6.45, 7) is 3.31. The van der Waals surface area contributed by atoms with Crippen molar-refractivity contribution in [3.8, 4) is 0 Å². The van der Waals surface area contributed by atoms with Gasteiger partial charge in [-0.3, -0.25) is 4.79 Å². The quantitative estimate of drug-likeness (QED) is 0.746. The van der Waals surface area contributed by atoms with Crippen molar-refractivity contribution in [3.05, 3.63) is 0 Å². The fraction of sp³-hybridized carbons (Fsp3) is 0.923. The van der Waals surface area contributed by atoms with E-state index in [0.717, 1.165) is 38.6 Å². The van der Waals surface area contributed by atoms with Gasteiger partial charge in [-0.25, -0.2) is 0 Å². The molecule has 1 aliphatic heterocycles. The Hall–Kier alpha value is -0.610. The molecule has 2 rings (SSSR count). The molecular formula is C13H25N3O. The maximum atomic E-state index is 12.1. The van der Waals surface area contributed by atoms with E-state index in [-0.39, 0.29) is 17.9 Å². The third-order valence-corrected chi connectivity index (χ3v) is 4.40. The maximum absolute atomic E-state index is 12.1. The minimum Gasteiger partial charge on any atom is -0.353 e. The summed E-state index contributed by atoms with van der Waals surface area (Å²) in [7, 11) is 2.15. The second-order valence-corrected chi connectivity index (χ2v) is 5.83. The normalized spacial score (nSPS) is 39.2. The summed E-state index contributed by atoms with van der Waals surface area (Å²) in [5.74, 6) is 0.402. The van der Waals surface area contributed by atoms with E-state index < -0.39 is 0 Å². The van der Waals surface area contributed by atoms with Crippen LogP contribution in [-0.2, 0) is 4.79 Å². The average Bonchev–Trinajstić information content (AvgIpc) is 2.70. The zero-order valence-electron chi connectivity index (χ0n) is 11.0. The molecule has 4 nitrogen and oxygen atoms in total. The summed E-state index contributed by atoms with van der Waals surface area (Å²) in [5, 5.41) is 3.21. The largest absolute Gasteiger partial charge is 0.353 e. The zero-order valence-corrected chi connectivity index (χ0v) is 11.0. The lowest BCUT2D eigenvalue weighted by molar-refractivity contribution is -0.126. The second-order valence-electron chi connectivity index (χ2n) is 5.83. The van der Waals surface area contributed by atoms with Crippen molar-refractivity contribution >= 4 is 5.91 Å². The highest BCUT2D eigenvalue weighted by Crippen LogP contribution is 2.25. The van der Waals surface area contributed by atoms with Crippen molar-refractivity contribution in [3.63, 3.8) is 0 Å². The first-order valence-corrected chi connectivity index (χ1v) is 6.82. The van der Waals surface area contributed by atoms with Crippen LogP contribution in [0.1, 0.15) is 39.0 Å². The van der Waals surface area contributed by atoms with Gasteiger partial charge in [0.1, 0.15) is 0 Å². The molecule has 2 fully saturated rings. The predicted octanol–water partition coefficient (Wildman–Crippen LogP) is 0.713. The van der Waals surface area contributed by atoms with Crippen LogP contribution in [0.15, 0.2) is 0 Å². The molecule has 0 aromatic rings. The van der Waals surface area contributed by atoms with Crippen LogP contribution in [-0.4, -0.2) is 42.5 Å². The molecule has 0 spiro atoms. The number of likely N-dealkylation sites (tertiary alicyclic amines) is 1. The van der Waals surface area contributed by atoms with Crippen molar-refractivity contribution in [2.75, 3.05) is 13.6 Å². The predicted molar refractivity (Wildman–Crippen MR) is 68.6 cm³/mol. The van der Waals surface area contributed by atoms with E-state index in [1.165, 1.54) is 0 Å². The molecule has 0 bridgehead atoms. The highest BCUT2D eigenvalue weighted by molar-refractivity contribution is 5.79. The van der Waals surface area contributed by atoms with Gasteiger partial charge in [-0.05, 0) is 46.1 Å². The van der Waals surface area contributed by atoms with E-state index in [2.05, 4.69) is 24.2 Å². The molecule has 4 heteroatoms. The summed E-state index contributed by atoms with van der Waals surface area (Å²) in [6.07, 6.45) is 4.98. The average molecular weight is 239 g/mol. The number of rotatable bonds is 2. The van der Waals surface area contributed by atoms with E-state index in [4.69, 9.17) is 5.73 Å². The lowest BCUT2D eigenvalue weighted by atomic mass is 9.97. The molecule has 0 aromatic carbocycles. The minimum atomic E-state index is 0.167. The molecule has 1 heterocycles. The first-order chi connectivity index (χ1) is 8.06. The van der Waals surface area contributed by atoms with Crippen molar-refractivity contribution in [2.45, 2.75) is 57.2 Å². The Balaban J connectivity index is 1.79. The SMILES string of the molecule is CC1CC(NC(=O)C2CCC(N)C2)CCN1C. The van der Waals surface area contributed by atoms with Crippen molar-refractivity contribution < 1.29 is 4.79 Å². The molecule has 1 saturated carbocycles. The number of hydrogen-bond donors (Lipinski definition) is 2. The standard InChI is InChI=1S/C13H25N3O/c1-9-7-12(5-6-16(9)2)15-13(17)10-3-4-11(14)8-10/h9-12H,3-8,14H2,1-2H3,(H,15,17). The van der Waals surface area contributed by atoms with Crippen LogP contribution < -0.4 is 11.1 Å². The number of nitrogens with two attached hydrogens (primary N) is 1. The van der Waals surface area contributed by atoms with Crippen LogP contribution >= 0.6 is 0 Å². The Labute approximate surface area is 104 Å². The monoisotopic (exact) mass is 239 g/mol. The first-order valence-electron chi connectivity index (χ1n) is 6.82. The molecule has 98 valence electrons. The fourth-order valence-electron chi connectivity index (χ4n) is 2.99. The van der Waals surface area contributed by atoms with Crippen LogP contribution in [0.3, 0.4) is 0 Å². The summed E-state index contributed by atoms with van der Waals surface area (Å²) >= 11 is 0. The van der Waals surface area contributed by atoms with Gasteiger partial charge < -0.3 is 16.0 Å². The molecular weight excluding hydrogens is 214 g/mol. The van der Waals surface area contributed by atoms with Gasteiger partial charge in [0, 0.05) is 30.6 Å². The molecule has 0 radical (unpaired) electrons. The second kappa shape index (κ2) is 5.36. The highest BCUT2D eigenvalue weighted by Gasteiger charge is 2.30. The zero-order chi connectivity index (χ0) is 12.4. The Morgan fingerprint density at radius 1 is 1.29 bits per heavy atom. The Kier molecular flexibility index (Phi) is 4.05. The van der Waals surface area contributed by atoms with Gasteiger partial charge in [-0.2, -0.15) is 0 Å². The molecule has 1 saturated heterocycles. The van der Waals surface area contributed by atoms with Crippen LogP contribution in [0.2, 0.25) is 0 Å². The van der Waals surface area contributed by atoms with E-state index in [1.807, 2.05) is 0 Å². The summed E-state index contributed by atoms with van der Waals surface area (Å²) in [6, 6.07) is 1.17. The third-order valence-electron chi connectivity index (χ3n) is 4.40. The smallest absolute Gasteiger partial charge is 0.223 e.